The second-order valence-electron chi connectivity index (χ2n) is 3.94. The zero-order valence-electron chi connectivity index (χ0n) is 7.08. The van der Waals surface area contributed by atoms with Gasteiger partial charge in [-0.05, 0) is 31.6 Å². The van der Waals surface area contributed by atoms with E-state index in [2.05, 4.69) is 0 Å². The first-order valence-electron chi connectivity index (χ1n) is 4.49. The maximum atomic E-state index is 11.0. The predicted molar refractivity (Wildman–Crippen MR) is 48.5 cm³/mol. The highest BCUT2D eigenvalue weighted by molar-refractivity contribution is 5.85. The number of halogens is 1. The number of carboxylic acids is 1. The topological polar surface area (TPSA) is 37.3 Å². The van der Waals surface area contributed by atoms with Gasteiger partial charge in [-0.15, -0.1) is 12.4 Å². The summed E-state index contributed by atoms with van der Waals surface area (Å²) in [6, 6.07) is 0. The summed E-state index contributed by atoms with van der Waals surface area (Å²) < 4.78 is 0. The maximum Gasteiger partial charge on any atom is 0.309 e. The van der Waals surface area contributed by atoms with Crippen molar-refractivity contribution in [2.75, 3.05) is 0 Å². The van der Waals surface area contributed by atoms with E-state index >= 15 is 0 Å². The fraction of sp³-hybridized carbons (Fsp3) is 0.889. The Morgan fingerprint density at radius 2 is 1.75 bits per heavy atom. The molecule has 70 valence electrons. The van der Waals surface area contributed by atoms with E-state index in [1.165, 1.54) is 0 Å². The zero-order chi connectivity index (χ0) is 7.90. The molecule has 0 spiro atoms. The first kappa shape index (κ1) is 9.85. The van der Waals surface area contributed by atoms with Gasteiger partial charge in [0.05, 0.1) is 5.41 Å². The molecule has 2 fully saturated rings. The molecule has 0 aromatic carbocycles. The van der Waals surface area contributed by atoms with Crippen LogP contribution < -0.4 is 0 Å². The summed E-state index contributed by atoms with van der Waals surface area (Å²) in [7, 11) is 0. The van der Waals surface area contributed by atoms with Crippen LogP contribution in [0.2, 0.25) is 0 Å². The van der Waals surface area contributed by atoms with Gasteiger partial charge in [0.2, 0.25) is 0 Å². The number of hydrogen-bond acceptors (Lipinski definition) is 1. The molecule has 2 saturated carbocycles. The van der Waals surface area contributed by atoms with E-state index in [0.29, 0.717) is 5.92 Å². The standard InChI is InChI=1S/C9H14O2.ClH/c10-8(11)9-5-1-3-7(9)4-2-6-9;/h7H,1-6H2,(H,10,11);1H. The SMILES string of the molecule is Cl.O=C(O)C12CCCC1CCC2. The molecule has 0 saturated heterocycles. The fourth-order valence-electron chi connectivity index (χ4n) is 2.95. The smallest absolute Gasteiger partial charge is 0.309 e. The fourth-order valence-corrected chi connectivity index (χ4v) is 2.95. The van der Waals surface area contributed by atoms with Crippen LogP contribution >= 0.6 is 12.4 Å². The minimum absolute atomic E-state index is 0. The Morgan fingerprint density at radius 3 is 2.08 bits per heavy atom. The summed E-state index contributed by atoms with van der Waals surface area (Å²) in [6.45, 7) is 0. The van der Waals surface area contributed by atoms with Crippen LogP contribution in [0, 0.1) is 11.3 Å². The molecule has 2 aliphatic carbocycles. The third-order valence-corrected chi connectivity index (χ3v) is 3.56. The highest BCUT2D eigenvalue weighted by Crippen LogP contribution is 2.54. The largest absolute Gasteiger partial charge is 0.481 e. The molecule has 1 N–H and O–H groups in total. The molecule has 0 heterocycles. The van der Waals surface area contributed by atoms with Crippen molar-refractivity contribution in [3.8, 4) is 0 Å². The molecule has 0 aromatic heterocycles. The van der Waals surface area contributed by atoms with Crippen LogP contribution in [0.15, 0.2) is 0 Å². The van der Waals surface area contributed by atoms with Gasteiger partial charge in [-0.25, -0.2) is 0 Å². The highest BCUT2D eigenvalue weighted by atomic mass is 35.5. The first-order valence-corrected chi connectivity index (χ1v) is 4.49. The summed E-state index contributed by atoms with van der Waals surface area (Å²) in [4.78, 5) is 11.0. The Labute approximate surface area is 78.8 Å². The van der Waals surface area contributed by atoms with Crippen molar-refractivity contribution in [2.45, 2.75) is 38.5 Å². The monoisotopic (exact) mass is 190 g/mol. The van der Waals surface area contributed by atoms with Crippen molar-refractivity contribution in [1.82, 2.24) is 0 Å². The van der Waals surface area contributed by atoms with Gasteiger partial charge in [-0.1, -0.05) is 12.8 Å². The van der Waals surface area contributed by atoms with Crippen LogP contribution in [0.25, 0.3) is 0 Å². The Morgan fingerprint density at radius 1 is 1.25 bits per heavy atom. The van der Waals surface area contributed by atoms with Crippen LogP contribution in [-0.2, 0) is 4.79 Å². The van der Waals surface area contributed by atoms with Crippen molar-refractivity contribution in [1.29, 1.82) is 0 Å². The molecule has 0 radical (unpaired) electrons. The van der Waals surface area contributed by atoms with Gasteiger partial charge in [0, 0.05) is 0 Å². The van der Waals surface area contributed by atoms with Crippen molar-refractivity contribution in [3.05, 3.63) is 0 Å². The van der Waals surface area contributed by atoms with E-state index in [9.17, 15) is 4.79 Å². The Balaban J connectivity index is 0.000000720. The van der Waals surface area contributed by atoms with Gasteiger partial charge >= 0.3 is 5.97 Å². The minimum atomic E-state index is -0.530. The zero-order valence-corrected chi connectivity index (χ0v) is 7.90. The molecular weight excluding hydrogens is 176 g/mol. The number of rotatable bonds is 1. The van der Waals surface area contributed by atoms with Crippen LogP contribution in [0.1, 0.15) is 38.5 Å². The van der Waals surface area contributed by atoms with Crippen molar-refractivity contribution >= 4 is 18.4 Å². The summed E-state index contributed by atoms with van der Waals surface area (Å²) in [5.74, 6) is -0.0162. The molecule has 2 aliphatic rings. The molecule has 0 atom stereocenters. The average Bonchev–Trinajstić information content (AvgIpc) is 2.40. The molecule has 2 nitrogen and oxygen atoms in total. The molecule has 3 heteroatoms. The summed E-state index contributed by atoms with van der Waals surface area (Å²) in [6.07, 6.45) is 6.46. The van der Waals surface area contributed by atoms with Crippen molar-refractivity contribution in [3.63, 3.8) is 0 Å². The van der Waals surface area contributed by atoms with Crippen LogP contribution in [0.5, 0.6) is 0 Å². The van der Waals surface area contributed by atoms with Crippen molar-refractivity contribution in [2.24, 2.45) is 11.3 Å². The van der Waals surface area contributed by atoms with Gasteiger partial charge in [0.15, 0.2) is 0 Å². The van der Waals surface area contributed by atoms with Gasteiger partial charge in [0.25, 0.3) is 0 Å². The second kappa shape index (κ2) is 3.25. The first-order chi connectivity index (χ1) is 5.26. The molecule has 0 amide bonds. The molecule has 0 bridgehead atoms. The second-order valence-corrected chi connectivity index (χ2v) is 3.94. The van der Waals surface area contributed by atoms with Gasteiger partial charge in [0.1, 0.15) is 0 Å². The van der Waals surface area contributed by atoms with Crippen LogP contribution in [0.3, 0.4) is 0 Å². The van der Waals surface area contributed by atoms with E-state index in [4.69, 9.17) is 5.11 Å². The number of hydrogen-bond donors (Lipinski definition) is 1. The normalized spacial score (nSPS) is 38.8. The minimum Gasteiger partial charge on any atom is -0.481 e. The van der Waals surface area contributed by atoms with E-state index < -0.39 is 5.97 Å². The van der Waals surface area contributed by atoms with Gasteiger partial charge in [-0.2, -0.15) is 0 Å². The maximum absolute atomic E-state index is 11.0. The Hall–Kier alpha value is -0.240. The van der Waals surface area contributed by atoms with Crippen molar-refractivity contribution < 1.29 is 9.90 Å². The quantitative estimate of drug-likeness (QED) is 0.690. The molecule has 0 aromatic rings. The van der Waals surface area contributed by atoms with E-state index in [1.807, 2.05) is 0 Å². The Kier molecular flexibility index (Phi) is 2.67. The summed E-state index contributed by atoms with van der Waals surface area (Å²) >= 11 is 0. The van der Waals surface area contributed by atoms with E-state index in [1.54, 1.807) is 0 Å². The molecule has 0 aliphatic heterocycles. The third kappa shape index (κ3) is 1.13. The lowest BCUT2D eigenvalue weighted by Gasteiger charge is -2.23. The van der Waals surface area contributed by atoms with E-state index in [0.717, 1.165) is 38.5 Å². The lowest BCUT2D eigenvalue weighted by Crippen LogP contribution is -2.30. The number of carbonyl (C=O) groups is 1. The number of carboxylic acid groups (broad SMARTS) is 1. The average molecular weight is 191 g/mol. The molecular formula is C9H15ClO2. The third-order valence-electron chi connectivity index (χ3n) is 3.56. The van der Waals surface area contributed by atoms with E-state index in [-0.39, 0.29) is 17.8 Å². The molecule has 2 rings (SSSR count). The lowest BCUT2D eigenvalue weighted by atomic mass is 9.81. The Bertz CT molecular complexity index is 181. The lowest BCUT2D eigenvalue weighted by molar-refractivity contribution is -0.150. The van der Waals surface area contributed by atoms with Crippen LogP contribution in [-0.4, -0.2) is 11.1 Å². The van der Waals surface area contributed by atoms with Crippen LogP contribution in [0.4, 0.5) is 0 Å². The van der Waals surface area contributed by atoms with Gasteiger partial charge < -0.3 is 5.11 Å². The predicted octanol–water partition coefficient (Wildman–Crippen LogP) is 2.46. The van der Waals surface area contributed by atoms with Gasteiger partial charge in [-0.3, -0.25) is 4.79 Å². The molecule has 12 heavy (non-hydrogen) atoms. The number of aliphatic carboxylic acids is 1. The summed E-state index contributed by atoms with van der Waals surface area (Å²) in [5, 5.41) is 9.07. The molecule has 0 unspecified atom stereocenters. The number of fused-ring (bicyclic) bond motifs is 1. The highest BCUT2D eigenvalue weighted by Gasteiger charge is 2.51. The summed E-state index contributed by atoms with van der Waals surface area (Å²) in [5.41, 5.74) is -0.278.